The molecule has 2 rings (SSSR count). The molecule has 0 spiro atoms. The molecule has 1 atom stereocenters. The molecule has 4 heteroatoms. The van der Waals surface area contributed by atoms with Crippen LogP contribution in [0.25, 0.3) is 0 Å². The molecule has 1 fully saturated rings. The summed E-state index contributed by atoms with van der Waals surface area (Å²) >= 11 is 0. The van der Waals surface area contributed by atoms with Crippen LogP contribution in [-0.4, -0.2) is 22.9 Å². The van der Waals surface area contributed by atoms with Crippen LogP contribution in [0.1, 0.15) is 58.1 Å². The normalized spacial score (nSPS) is 20.1. The largest absolute Gasteiger partial charge is 0.394 e. The number of rotatable bonds is 5. The lowest BCUT2D eigenvalue weighted by atomic mass is 9.96. The van der Waals surface area contributed by atoms with Gasteiger partial charge in [0.1, 0.15) is 0 Å². The summed E-state index contributed by atoms with van der Waals surface area (Å²) < 4.78 is 2.12. The van der Waals surface area contributed by atoms with E-state index in [9.17, 15) is 0 Å². The van der Waals surface area contributed by atoms with Crippen LogP contribution in [0.5, 0.6) is 0 Å². The average molecular weight is 278 g/mol. The first-order chi connectivity index (χ1) is 9.67. The summed E-state index contributed by atoms with van der Waals surface area (Å²) in [6.07, 6.45) is 7.71. The Morgan fingerprint density at radius 1 is 1.20 bits per heavy atom. The standard InChI is InChI=1S/C16H30N4/c1-4-7-14-8-6-11-19(12-9-14)16-15(17)13(3)18-20(16)10-5-2/h14H,4-12,17H2,1-3H3. The van der Waals surface area contributed by atoms with Crippen LogP contribution in [0, 0.1) is 12.8 Å². The highest BCUT2D eigenvalue weighted by molar-refractivity contribution is 5.66. The molecule has 0 aliphatic carbocycles. The lowest BCUT2D eigenvalue weighted by Gasteiger charge is -2.24. The molecule has 20 heavy (non-hydrogen) atoms. The molecular weight excluding hydrogens is 248 g/mol. The number of hydrogen-bond acceptors (Lipinski definition) is 3. The Bertz CT molecular complexity index is 424. The van der Waals surface area contributed by atoms with Gasteiger partial charge in [0.05, 0.1) is 11.4 Å². The molecule has 114 valence electrons. The topological polar surface area (TPSA) is 47.1 Å². The highest BCUT2D eigenvalue weighted by atomic mass is 15.4. The molecule has 0 radical (unpaired) electrons. The van der Waals surface area contributed by atoms with Crippen LogP contribution in [0.3, 0.4) is 0 Å². The molecule has 1 unspecified atom stereocenters. The molecule has 1 aliphatic rings. The summed E-state index contributed by atoms with van der Waals surface area (Å²) in [5, 5.41) is 4.61. The second-order valence-electron chi connectivity index (χ2n) is 6.12. The molecule has 1 aliphatic heterocycles. The van der Waals surface area contributed by atoms with E-state index in [1.165, 1.54) is 37.9 Å². The smallest absolute Gasteiger partial charge is 0.150 e. The quantitative estimate of drug-likeness (QED) is 0.895. The van der Waals surface area contributed by atoms with E-state index in [0.717, 1.165) is 43.4 Å². The van der Waals surface area contributed by atoms with Gasteiger partial charge in [-0.05, 0) is 38.5 Å². The van der Waals surface area contributed by atoms with Crippen molar-refractivity contribution >= 4 is 11.5 Å². The van der Waals surface area contributed by atoms with E-state index in [2.05, 4.69) is 28.5 Å². The molecular formula is C16H30N4. The Morgan fingerprint density at radius 3 is 2.70 bits per heavy atom. The SMILES string of the molecule is CCCC1CCCN(c2c(N)c(C)nn2CCC)CC1. The van der Waals surface area contributed by atoms with E-state index in [-0.39, 0.29) is 0 Å². The number of hydrogen-bond donors (Lipinski definition) is 1. The van der Waals surface area contributed by atoms with E-state index in [1.54, 1.807) is 0 Å². The van der Waals surface area contributed by atoms with Gasteiger partial charge in [-0.15, -0.1) is 0 Å². The fraction of sp³-hybridized carbons (Fsp3) is 0.812. The maximum Gasteiger partial charge on any atom is 0.150 e. The van der Waals surface area contributed by atoms with E-state index < -0.39 is 0 Å². The van der Waals surface area contributed by atoms with Crippen molar-refractivity contribution in [1.82, 2.24) is 9.78 Å². The van der Waals surface area contributed by atoms with Gasteiger partial charge in [-0.3, -0.25) is 0 Å². The summed E-state index contributed by atoms with van der Waals surface area (Å²) in [5.74, 6) is 2.07. The van der Waals surface area contributed by atoms with E-state index in [4.69, 9.17) is 5.73 Å². The summed E-state index contributed by atoms with van der Waals surface area (Å²) in [6.45, 7) is 9.71. The molecule has 0 saturated carbocycles. The first kappa shape index (κ1) is 15.2. The van der Waals surface area contributed by atoms with Gasteiger partial charge in [-0.25, -0.2) is 4.68 Å². The van der Waals surface area contributed by atoms with E-state index >= 15 is 0 Å². The number of aromatic nitrogens is 2. The minimum atomic E-state index is 0.882. The summed E-state index contributed by atoms with van der Waals surface area (Å²) in [6, 6.07) is 0. The van der Waals surface area contributed by atoms with Gasteiger partial charge in [-0.1, -0.05) is 26.7 Å². The van der Waals surface area contributed by atoms with Crippen molar-refractivity contribution in [3.63, 3.8) is 0 Å². The van der Waals surface area contributed by atoms with Gasteiger partial charge in [-0.2, -0.15) is 5.10 Å². The Morgan fingerprint density at radius 2 is 2.00 bits per heavy atom. The third kappa shape index (κ3) is 3.28. The van der Waals surface area contributed by atoms with Gasteiger partial charge in [0.2, 0.25) is 0 Å². The van der Waals surface area contributed by atoms with Crippen LogP contribution in [0.4, 0.5) is 11.5 Å². The van der Waals surface area contributed by atoms with Crippen LogP contribution >= 0.6 is 0 Å². The van der Waals surface area contributed by atoms with Crippen LogP contribution in [-0.2, 0) is 6.54 Å². The van der Waals surface area contributed by atoms with Gasteiger partial charge < -0.3 is 10.6 Å². The van der Waals surface area contributed by atoms with Gasteiger partial charge in [0.15, 0.2) is 5.82 Å². The molecule has 1 aromatic rings. The number of aryl methyl sites for hydroxylation is 2. The number of anilines is 2. The highest BCUT2D eigenvalue weighted by Crippen LogP contribution is 2.31. The molecule has 2 N–H and O–H groups in total. The Hall–Kier alpha value is -1.19. The lowest BCUT2D eigenvalue weighted by Crippen LogP contribution is -2.28. The fourth-order valence-electron chi connectivity index (χ4n) is 3.36. The molecule has 0 bridgehead atoms. The van der Waals surface area contributed by atoms with Crippen molar-refractivity contribution in [3.05, 3.63) is 5.69 Å². The molecule has 4 nitrogen and oxygen atoms in total. The minimum Gasteiger partial charge on any atom is -0.394 e. The van der Waals surface area contributed by atoms with Gasteiger partial charge in [0.25, 0.3) is 0 Å². The number of nitrogens with two attached hydrogens (primary N) is 1. The number of nitrogen functional groups attached to an aromatic ring is 1. The monoisotopic (exact) mass is 278 g/mol. The van der Waals surface area contributed by atoms with Crippen molar-refractivity contribution in [2.45, 2.75) is 65.8 Å². The first-order valence-corrected chi connectivity index (χ1v) is 8.25. The zero-order valence-electron chi connectivity index (χ0n) is 13.4. The van der Waals surface area contributed by atoms with Crippen molar-refractivity contribution in [2.24, 2.45) is 5.92 Å². The Labute approximate surface area is 123 Å². The maximum absolute atomic E-state index is 6.28. The molecule has 2 heterocycles. The maximum atomic E-state index is 6.28. The van der Waals surface area contributed by atoms with Crippen molar-refractivity contribution in [1.29, 1.82) is 0 Å². The van der Waals surface area contributed by atoms with E-state index in [0.29, 0.717) is 0 Å². The van der Waals surface area contributed by atoms with Gasteiger partial charge >= 0.3 is 0 Å². The number of nitrogens with zero attached hydrogens (tertiary/aromatic N) is 3. The third-order valence-electron chi connectivity index (χ3n) is 4.43. The summed E-state index contributed by atoms with van der Waals surface area (Å²) in [7, 11) is 0. The third-order valence-corrected chi connectivity index (χ3v) is 4.43. The van der Waals surface area contributed by atoms with Crippen molar-refractivity contribution < 1.29 is 0 Å². The second-order valence-corrected chi connectivity index (χ2v) is 6.12. The molecule has 1 aromatic heterocycles. The summed E-state index contributed by atoms with van der Waals surface area (Å²) in [4.78, 5) is 2.47. The molecule has 0 aromatic carbocycles. The predicted octanol–water partition coefficient (Wildman–Crippen LogP) is 3.59. The van der Waals surface area contributed by atoms with Crippen molar-refractivity contribution in [2.75, 3.05) is 23.7 Å². The zero-order chi connectivity index (χ0) is 14.5. The Balaban J connectivity index is 2.14. The lowest BCUT2D eigenvalue weighted by molar-refractivity contribution is 0.435. The zero-order valence-corrected chi connectivity index (χ0v) is 13.4. The highest BCUT2D eigenvalue weighted by Gasteiger charge is 2.22. The van der Waals surface area contributed by atoms with Gasteiger partial charge in [0, 0.05) is 19.6 Å². The molecule has 0 amide bonds. The van der Waals surface area contributed by atoms with Crippen LogP contribution in [0.15, 0.2) is 0 Å². The van der Waals surface area contributed by atoms with Crippen molar-refractivity contribution in [3.8, 4) is 0 Å². The summed E-state index contributed by atoms with van der Waals surface area (Å²) in [5.41, 5.74) is 8.14. The first-order valence-electron chi connectivity index (χ1n) is 8.25. The Kier molecular flexibility index (Phi) is 5.32. The average Bonchev–Trinajstić information content (AvgIpc) is 2.60. The van der Waals surface area contributed by atoms with Crippen LogP contribution < -0.4 is 10.6 Å². The van der Waals surface area contributed by atoms with Crippen LogP contribution in [0.2, 0.25) is 0 Å². The minimum absolute atomic E-state index is 0.882. The fourth-order valence-corrected chi connectivity index (χ4v) is 3.36. The predicted molar refractivity (Wildman–Crippen MR) is 86.1 cm³/mol. The van der Waals surface area contributed by atoms with E-state index in [1.807, 2.05) is 6.92 Å². The molecule has 1 saturated heterocycles. The second kappa shape index (κ2) is 7.00.